The average Bonchev–Trinajstić information content (AvgIpc) is 2.42. The number of benzene rings is 2. The fraction of sp³-hybridized carbons (Fsp3) is 0.188. The number of ether oxygens (including phenoxy) is 1. The molecule has 0 saturated heterocycles. The molecule has 3 heteroatoms. The summed E-state index contributed by atoms with van der Waals surface area (Å²) in [6.45, 7) is 0. The largest absolute Gasteiger partial charge is 0.457 e. The van der Waals surface area contributed by atoms with Gasteiger partial charge < -0.3 is 9.64 Å². The first-order chi connectivity index (χ1) is 9.15. The minimum absolute atomic E-state index is 0.0942. The number of rotatable bonds is 4. The Labute approximate surface area is 113 Å². The summed E-state index contributed by atoms with van der Waals surface area (Å²) in [6, 6.07) is 17.2. The number of para-hydroxylation sites is 1. The summed E-state index contributed by atoms with van der Waals surface area (Å²) in [4.78, 5) is 13.2. The maximum absolute atomic E-state index is 11.6. The number of likely N-dealkylation sites (N-methyl/N-ethyl adjacent to an activating group) is 1. The monoisotopic (exact) mass is 255 g/mol. The molecule has 2 rings (SSSR count). The Morgan fingerprint density at radius 3 is 2.11 bits per heavy atom. The van der Waals surface area contributed by atoms with Crippen LogP contribution in [0.5, 0.6) is 11.5 Å². The first-order valence-electron chi connectivity index (χ1n) is 6.17. The zero-order chi connectivity index (χ0) is 13.7. The zero-order valence-corrected chi connectivity index (χ0v) is 11.2. The van der Waals surface area contributed by atoms with Crippen molar-refractivity contribution in [1.82, 2.24) is 4.90 Å². The van der Waals surface area contributed by atoms with Gasteiger partial charge in [0.05, 0.1) is 6.42 Å². The van der Waals surface area contributed by atoms with Crippen LogP contribution in [0.2, 0.25) is 0 Å². The number of carbonyl (C=O) groups is 1. The summed E-state index contributed by atoms with van der Waals surface area (Å²) < 4.78 is 5.69. The molecular formula is C16H17NO2. The van der Waals surface area contributed by atoms with Gasteiger partial charge in [0, 0.05) is 14.1 Å². The summed E-state index contributed by atoms with van der Waals surface area (Å²) in [7, 11) is 3.52. The lowest BCUT2D eigenvalue weighted by Gasteiger charge is -2.10. The van der Waals surface area contributed by atoms with Crippen LogP contribution in [-0.2, 0) is 11.2 Å². The van der Waals surface area contributed by atoms with E-state index in [1.165, 1.54) is 0 Å². The van der Waals surface area contributed by atoms with Crippen LogP contribution in [0.4, 0.5) is 0 Å². The van der Waals surface area contributed by atoms with Gasteiger partial charge in [-0.1, -0.05) is 30.3 Å². The van der Waals surface area contributed by atoms with E-state index in [4.69, 9.17) is 4.74 Å². The van der Waals surface area contributed by atoms with Crippen LogP contribution in [0.3, 0.4) is 0 Å². The Kier molecular flexibility index (Phi) is 4.18. The second-order valence-corrected chi connectivity index (χ2v) is 4.52. The smallest absolute Gasteiger partial charge is 0.226 e. The van der Waals surface area contributed by atoms with Gasteiger partial charge in [-0.05, 0) is 29.8 Å². The van der Waals surface area contributed by atoms with E-state index < -0.39 is 0 Å². The molecule has 0 fully saturated rings. The molecule has 0 aliphatic rings. The molecular weight excluding hydrogens is 238 g/mol. The summed E-state index contributed by atoms with van der Waals surface area (Å²) in [5.41, 5.74) is 0.985. The van der Waals surface area contributed by atoms with Gasteiger partial charge in [-0.3, -0.25) is 4.79 Å². The van der Waals surface area contributed by atoms with E-state index in [9.17, 15) is 4.79 Å². The second kappa shape index (κ2) is 6.05. The van der Waals surface area contributed by atoms with Crippen molar-refractivity contribution in [3.8, 4) is 11.5 Å². The Hall–Kier alpha value is -2.29. The molecule has 0 spiro atoms. The lowest BCUT2D eigenvalue weighted by molar-refractivity contribution is -0.127. The quantitative estimate of drug-likeness (QED) is 0.840. The van der Waals surface area contributed by atoms with Gasteiger partial charge in [0.2, 0.25) is 5.91 Å². The highest BCUT2D eigenvalue weighted by Gasteiger charge is 2.05. The number of nitrogens with zero attached hydrogens (tertiary/aromatic N) is 1. The van der Waals surface area contributed by atoms with Crippen LogP contribution in [0.1, 0.15) is 5.56 Å². The van der Waals surface area contributed by atoms with Gasteiger partial charge in [0.15, 0.2) is 0 Å². The van der Waals surface area contributed by atoms with Crippen LogP contribution in [0.15, 0.2) is 54.6 Å². The number of hydrogen-bond acceptors (Lipinski definition) is 2. The predicted octanol–water partition coefficient (Wildman–Crippen LogP) is 3.11. The highest BCUT2D eigenvalue weighted by Crippen LogP contribution is 2.21. The minimum atomic E-state index is 0.0942. The van der Waals surface area contributed by atoms with Crippen molar-refractivity contribution in [2.45, 2.75) is 6.42 Å². The fourth-order valence-corrected chi connectivity index (χ4v) is 1.63. The van der Waals surface area contributed by atoms with Crippen molar-refractivity contribution in [2.24, 2.45) is 0 Å². The Morgan fingerprint density at radius 2 is 1.53 bits per heavy atom. The summed E-state index contributed by atoms with van der Waals surface area (Å²) in [5, 5.41) is 0. The van der Waals surface area contributed by atoms with Crippen LogP contribution in [0.25, 0.3) is 0 Å². The van der Waals surface area contributed by atoms with Gasteiger partial charge in [-0.25, -0.2) is 0 Å². The molecule has 1 amide bonds. The summed E-state index contributed by atoms with van der Waals surface area (Å²) in [5.74, 6) is 1.67. The van der Waals surface area contributed by atoms with E-state index in [1.54, 1.807) is 19.0 Å². The maximum Gasteiger partial charge on any atom is 0.226 e. The fourth-order valence-electron chi connectivity index (χ4n) is 1.63. The molecule has 0 atom stereocenters. The number of hydrogen-bond donors (Lipinski definition) is 0. The summed E-state index contributed by atoms with van der Waals surface area (Å²) in [6.07, 6.45) is 0.415. The maximum atomic E-state index is 11.6. The highest BCUT2D eigenvalue weighted by molar-refractivity contribution is 5.78. The van der Waals surface area contributed by atoms with Crippen LogP contribution < -0.4 is 4.74 Å². The lowest BCUT2D eigenvalue weighted by atomic mass is 10.1. The van der Waals surface area contributed by atoms with E-state index in [0.29, 0.717) is 6.42 Å². The Bertz CT molecular complexity index is 532. The van der Waals surface area contributed by atoms with E-state index in [-0.39, 0.29) is 5.91 Å². The first-order valence-corrected chi connectivity index (χ1v) is 6.17. The van der Waals surface area contributed by atoms with E-state index in [0.717, 1.165) is 17.1 Å². The van der Waals surface area contributed by atoms with Gasteiger partial charge in [0.1, 0.15) is 11.5 Å². The van der Waals surface area contributed by atoms with Crippen LogP contribution in [-0.4, -0.2) is 24.9 Å². The molecule has 19 heavy (non-hydrogen) atoms. The topological polar surface area (TPSA) is 29.5 Å². The van der Waals surface area contributed by atoms with Crippen molar-refractivity contribution >= 4 is 5.91 Å². The van der Waals surface area contributed by atoms with Gasteiger partial charge in [-0.15, -0.1) is 0 Å². The minimum Gasteiger partial charge on any atom is -0.457 e. The third-order valence-corrected chi connectivity index (χ3v) is 2.76. The van der Waals surface area contributed by atoms with Crippen molar-refractivity contribution in [1.29, 1.82) is 0 Å². The van der Waals surface area contributed by atoms with Gasteiger partial charge in [-0.2, -0.15) is 0 Å². The van der Waals surface area contributed by atoms with Crippen LogP contribution >= 0.6 is 0 Å². The van der Waals surface area contributed by atoms with Crippen molar-refractivity contribution in [2.75, 3.05) is 14.1 Å². The molecule has 0 saturated carbocycles. The van der Waals surface area contributed by atoms with Crippen molar-refractivity contribution in [3.63, 3.8) is 0 Å². The second-order valence-electron chi connectivity index (χ2n) is 4.52. The molecule has 0 aromatic heterocycles. The van der Waals surface area contributed by atoms with E-state index in [2.05, 4.69) is 0 Å². The molecule has 0 aliphatic carbocycles. The SMILES string of the molecule is CN(C)C(=O)Cc1ccc(Oc2ccccc2)cc1. The molecule has 2 aromatic rings. The van der Waals surface area contributed by atoms with E-state index in [1.807, 2.05) is 54.6 Å². The van der Waals surface area contributed by atoms with Crippen molar-refractivity contribution in [3.05, 3.63) is 60.2 Å². The van der Waals surface area contributed by atoms with Crippen LogP contribution in [0, 0.1) is 0 Å². The Morgan fingerprint density at radius 1 is 0.947 bits per heavy atom. The van der Waals surface area contributed by atoms with Gasteiger partial charge >= 0.3 is 0 Å². The normalized spacial score (nSPS) is 10.0. The van der Waals surface area contributed by atoms with E-state index >= 15 is 0 Å². The standard InChI is InChI=1S/C16H17NO2/c1-17(2)16(18)12-13-8-10-15(11-9-13)19-14-6-4-3-5-7-14/h3-11H,12H2,1-2H3. The number of amides is 1. The third-order valence-electron chi connectivity index (χ3n) is 2.76. The molecule has 0 radical (unpaired) electrons. The first kappa shape index (κ1) is 13.1. The molecule has 2 aromatic carbocycles. The van der Waals surface area contributed by atoms with Gasteiger partial charge in [0.25, 0.3) is 0 Å². The lowest BCUT2D eigenvalue weighted by Crippen LogP contribution is -2.23. The third kappa shape index (κ3) is 3.85. The van der Waals surface area contributed by atoms with Crippen molar-refractivity contribution < 1.29 is 9.53 Å². The summed E-state index contributed by atoms with van der Waals surface area (Å²) >= 11 is 0. The average molecular weight is 255 g/mol. The molecule has 0 unspecified atom stereocenters. The molecule has 0 N–H and O–H groups in total. The highest BCUT2D eigenvalue weighted by atomic mass is 16.5. The molecule has 98 valence electrons. The zero-order valence-electron chi connectivity index (χ0n) is 11.2. The molecule has 3 nitrogen and oxygen atoms in total. The number of carbonyl (C=O) groups excluding carboxylic acids is 1. The molecule has 0 aliphatic heterocycles. The Balaban J connectivity index is 2.01. The predicted molar refractivity (Wildman–Crippen MR) is 75.4 cm³/mol. The molecule has 0 bridgehead atoms. The molecule has 0 heterocycles.